The minimum atomic E-state index is 0.757. The molecule has 4 nitrogen and oxygen atoms in total. The quantitative estimate of drug-likeness (QED) is 0.633. The van der Waals surface area contributed by atoms with Crippen LogP contribution in [-0.4, -0.2) is 22.5 Å². The third-order valence-electron chi connectivity index (χ3n) is 4.43. The van der Waals surface area contributed by atoms with Crippen molar-refractivity contribution in [3.63, 3.8) is 0 Å². The lowest BCUT2D eigenvalue weighted by Crippen LogP contribution is -2.42. The summed E-state index contributed by atoms with van der Waals surface area (Å²) in [5, 5.41) is 0. The number of hydrazine groups is 1. The molecule has 1 aliphatic carbocycles. The molecule has 0 aromatic carbocycles. The van der Waals surface area contributed by atoms with Gasteiger partial charge in [-0.15, -0.1) is 0 Å². The summed E-state index contributed by atoms with van der Waals surface area (Å²) in [6, 6.07) is 6.82. The summed E-state index contributed by atoms with van der Waals surface area (Å²) in [4.78, 5) is 7.15. The Morgan fingerprint density at radius 3 is 3.06 bits per heavy atom. The fraction of sp³-hybridized carbons (Fsp3) is 0.643. The highest BCUT2D eigenvalue weighted by Gasteiger charge is 2.34. The van der Waals surface area contributed by atoms with Crippen LogP contribution in [0.5, 0.6) is 0 Å². The molecule has 0 bridgehead atoms. The number of nitrogens with one attached hydrogen (secondary N) is 1. The van der Waals surface area contributed by atoms with E-state index >= 15 is 0 Å². The Morgan fingerprint density at radius 2 is 2.17 bits per heavy atom. The Bertz CT molecular complexity index is 407. The molecule has 1 aromatic heterocycles. The van der Waals surface area contributed by atoms with E-state index in [1.807, 2.05) is 12.1 Å². The maximum atomic E-state index is 5.41. The SMILES string of the molecule is NNc1cccc(CN2CCCC3CCCC32)n1. The largest absolute Gasteiger partial charge is 0.308 e. The van der Waals surface area contributed by atoms with Crippen molar-refractivity contribution in [1.82, 2.24) is 9.88 Å². The predicted octanol–water partition coefficient (Wildman–Crippen LogP) is 2.13. The molecule has 2 unspecified atom stereocenters. The molecule has 3 N–H and O–H groups in total. The molecule has 0 spiro atoms. The molecule has 2 atom stereocenters. The molecule has 0 radical (unpaired) electrons. The lowest BCUT2D eigenvalue weighted by Gasteiger charge is -2.37. The average molecular weight is 246 g/mol. The van der Waals surface area contributed by atoms with Crippen molar-refractivity contribution < 1.29 is 0 Å². The summed E-state index contributed by atoms with van der Waals surface area (Å²) >= 11 is 0. The summed E-state index contributed by atoms with van der Waals surface area (Å²) in [6.45, 7) is 2.19. The minimum absolute atomic E-state index is 0.757. The topological polar surface area (TPSA) is 54.2 Å². The van der Waals surface area contributed by atoms with Gasteiger partial charge in [0.2, 0.25) is 0 Å². The smallest absolute Gasteiger partial charge is 0.140 e. The Morgan fingerprint density at radius 1 is 1.28 bits per heavy atom. The molecule has 2 fully saturated rings. The monoisotopic (exact) mass is 246 g/mol. The number of hydrogen-bond donors (Lipinski definition) is 2. The summed E-state index contributed by atoms with van der Waals surface area (Å²) in [6.07, 6.45) is 6.98. The van der Waals surface area contributed by atoms with Crippen LogP contribution in [0, 0.1) is 5.92 Å². The Balaban J connectivity index is 1.70. The van der Waals surface area contributed by atoms with Gasteiger partial charge in [-0.3, -0.25) is 4.90 Å². The molecule has 1 saturated heterocycles. The predicted molar refractivity (Wildman–Crippen MR) is 72.8 cm³/mol. The van der Waals surface area contributed by atoms with Gasteiger partial charge in [0, 0.05) is 12.6 Å². The van der Waals surface area contributed by atoms with E-state index in [2.05, 4.69) is 21.4 Å². The van der Waals surface area contributed by atoms with E-state index in [1.54, 1.807) is 0 Å². The first-order valence-electron chi connectivity index (χ1n) is 7.03. The highest BCUT2D eigenvalue weighted by Crippen LogP contribution is 2.37. The lowest BCUT2D eigenvalue weighted by molar-refractivity contribution is 0.104. The second-order valence-corrected chi connectivity index (χ2v) is 5.53. The van der Waals surface area contributed by atoms with Crippen molar-refractivity contribution >= 4 is 5.82 Å². The van der Waals surface area contributed by atoms with Crippen molar-refractivity contribution in [2.45, 2.75) is 44.7 Å². The van der Waals surface area contributed by atoms with Gasteiger partial charge in [-0.2, -0.15) is 0 Å². The van der Waals surface area contributed by atoms with Crippen LogP contribution in [-0.2, 0) is 6.54 Å². The van der Waals surface area contributed by atoms with Crippen LogP contribution in [0.4, 0.5) is 5.82 Å². The number of nitrogens with two attached hydrogens (primary N) is 1. The summed E-state index contributed by atoms with van der Waals surface area (Å²) in [7, 11) is 0. The van der Waals surface area contributed by atoms with Gasteiger partial charge >= 0.3 is 0 Å². The average Bonchev–Trinajstić information content (AvgIpc) is 2.88. The van der Waals surface area contributed by atoms with Crippen molar-refractivity contribution in [2.24, 2.45) is 11.8 Å². The van der Waals surface area contributed by atoms with Gasteiger partial charge in [0.15, 0.2) is 0 Å². The second-order valence-electron chi connectivity index (χ2n) is 5.53. The first-order chi connectivity index (χ1) is 8.86. The molecule has 0 amide bonds. The third kappa shape index (κ3) is 2.35. The molecule has 2 heterocycles. The van der Waals surface area contributed by atoms with Crippen molar-refractivity contribution in [3.05, 3.63) is 23.9 Å². The zero-order chi connectivity index (χ0) is 12.4. The number of hydrogen-bond acceptors (Lipinski definition) is 4. The number of fused-ring (bicyclic) bond motifs is 1. The van der Waals surface area contributed by atoms with Crippen LogP contribution < -0.4 is 11.3 Å². The molecule has 98 valence electrons. The number of pyridine rings is 1. The van der Waals surface area contributed by atoms with Gasteiger partial charge in [0.05, 0.1) is 5.69 Å². The number of rotatable bonds is 3. The van der Waals surface area contributed by atoms with Crippen LogP contribution in [0.1, 0.15) is 37.8 Å². The number of aromatic nitrogens is 1. The van der Waals surface area contributed by atoms with Gasteiger partial charge in [-0.25, -0.2) is 10.8 Å². The van der Waals surface area contributed by atoms with E-state index in [1.165, 1.54) is 38.6 Å². The van der Waals surface area contributed by atoms with E-state index in [0.29, 0.717) is 0 Å². The minimum Gasteiger partial charge on any atom is -0.308 e. The van der Waals surface area contributed by atoms with E-state index in [4.69, 9.17) is 5.84 Å². The lowest BCUT2D eigenvalue weighted by atomic mass is 9.92. The van der Waals surface area contributed by atoms with E-state index in [0.717, 1.165) is 30.0 Å². The third-order valence-corrected chi connectivity index (χ3v) is 4.43. The molecule has 4 heteroatoms. The second kappa shape index (κ2) is 5.24. The van der Waals surface area contributed by atoms with Gasteiger partial charge in [0.1, 0.15) is 5.82 Å². The van der Waals surface area contributed by atoms with E-state index in [9.17, 15) is 0 Å². The van der Waals surface area contributed by atoms with Crippen LogP contribution in [0.2, 0.25) is 0 Å². The summed E-state index contributed by atoms with van der Waals surface area (Å²) in [5.74, 6) is 7.11. The van der Waals surface area contributed by atoms with Crippen LogP contribution in [0.3, 0.4) is 0 Å². The summed E-state index contributed by atoms with van der Waals surface area (Å²) in [5.41, 5.74) is 3.74. The maximum Gasteiger partial charge on any atom is 0.140 e. The van der Waals surface area contributed by atoms with Gasteiger partial charge in [-0.1, -0.05) is 12.5 Å². The van der Waals surface area contributed by atoms with E-state index in [-0.39, 0.29) is 0 Å². The van der Waals surface area contributed by atoms with Crippen molar-refractivity contribution in [1.29, 1.82) is 0 Å². The van der Waals surface area contributed by atoms with E-state index < -0.39 is 0 Å². The van der Waals surface area contributed by atoms with Crippen molar-refractivity contribution in [3.8, 4) is 0 Å². The first-order valence-corrected chi connectivity index (χ1v) is 7.03. The zero-order valence-corrected chi connectivity index (χ0v) is 10.8. The molecular formula is C14H22N4. The van der Waals surface area contributed by atoms with Crippen LogP contribution in [0.15, 0.2) is 18.2 Å². The number of nitrogen functional groups attached to an aromatic ring is 1. The fourth-order valence-corrected chi connectivity index (χ4v) is 3.61. The molecular weight excluding hydrogens is 224 g/mol. The van der Waals surface area contributed by atoms with Gasteiger partial charge in [-0.05, 0) is 50.3 Å². The van der Waals surface area contributed by atoms with Crippen LogP contribution >= 0.6 is 0 Å². The van der Waals surface area contributed by atoms with Gasteiger partial charge < -0.3 is 5.43 Å². The number of likely N-dealkylation sites (tertiary alicyclic amines) is 1. The molecule has 3 rings (SSSR count). The normalized spacial score (nSPS) is 28.1. The zero-order valence-electron chi connectivity index (χ0n) is 10.8. The van der Waals surface area contributed by atoms with Gasteiger partial charge in [0.25, 0.3) is 0 Å². The number of nitrogens with zero attached hydrogens (tertiary/aromatic N) is 2. The highest BCUT2D eigenvalue weighted by molar-refractivity contribution is 5.33. The highest BCUT2D eigenvalue weighted by atomic mass is 15.3. The molecule has 1 aliphatic heterocycles. The molecule has 2 aliphatic rings. The van der Waals surface area contributed by atoms with Crippen molar-refractivity contribution in [2.75, 3.05) is 12.0 Å². The Hall–Kier alpha value is -1.13. The standard InChI is InChI=1S/C14H22N4/c15-17-14-8-2-6-12(16-14)10-18-9-3-5-11-4-1-7-13(11)18/h2,6,8,11,13H,1,3-5,7,9-10,15H2,(H,16,17). The first kappa shape index (κ1) is 11.9. The van der Waals surface area contributed by atoms with Crippen LogP contribution in [0.25, 0.3) is 0 Å². The number of piperidine rings is 1. The Labute approximate surface area is 109 Å². The maximum absolute atomic E-state index is 5.41. The summed E-state index contributed by atoms with van der Waals surface area (Å²) < 4.78 is 0. The number of anilines is 1. The molecule has 18 heavy (non-hydrogen) atoms. The molecule has 1 saturated carbocycles. The molecule has 1 aromatic rings. The fourth-order valence-electron chi connectivity index (χ4n) is 3.61. The Kier molecular flexibility index (Phi) is 3.48.